The summed E-state index contributed by atoms with van der Waals surface area (Å²) >= 11 is 1.39. The number of nitrogens with zero attached hydrogens (tertiary/aromatic N) is 1. The van der Waals surface area contributed by atoms with E-state index in [0.717, 1.165) is 32.7 Å². The Kier molecular flexibility index (Phi) is 8.72. The van der Waals surface area contributed by atoms with Gasteiger partial charge < -0.3 is 10.1 Å². The highest BCUT2D eigenvalue weighted by Gasteiger charge is 2.22. The van der Waals surface area contributed by atoms with Crippen LogP contribution in [0.15, 0.2) is 29.2 Å². The molecule has 0 radical (unpaired) electrons. The van der Waals surface area contributed by atoms with Gasteiger partial charge in [-0.1, -0.05) is 26.0 Å². The molecule has 0 aliphatic carbocycles. The molecule has 4 nitrogen and oxygen atoms in total. The van der Waals surface area contributed by atoms with Crippen molar-refractivity contribution in [3.63, 3.8) is 0 Å². The minimum Gasteiger partial charge on any atom is -0.379 e. The molecule has 1 aromatic carbocycles. The molecule has 0 saturated carbocycles. The molecule has 1 saturated heterocycles. The highest BCUT2D eigenvalue weighted by molar-refractivity contribution is 7.99. The second kappa shape index (κ2) is 10.8. The number of thioether (sulfide) groups is 1. The third kappa shape index (κ3) is 7.34. The molecular formula is C19H29FN2O2S. The van der Waals surface area contributed by atoms with Crippen molar-refractivity contribution in [3.8, 4) is 0 Å². The van der Waals surface area contributed by atoms with Crippen molar-refractivity contribution in [1.29, 1.82) is 0 Å². The summed E-state index contributed by atoms with van der Waals surface area (Å²) in [6.45, 7) is 8.47. The lowest BCUT2D eigenvalue weighted by atomic mass is 10.0. The zero-order chi connectivity index (χ0) is 18.1. The smallest absolute Gasteiger partial charge is 0.220 e. The van der Waals surface area contributed by atoms with Crippen molar-refractivity contribution in [1.82, 2.24) is 10.2 Å². The van der Waals surface area contributed by atoms with Crippen LogP contribution >= 0.6 is 11.8 Å². The van der Waals surface area contributed by atoms with Gasteiger partial charge in [-0.15, -0.1) is 11.8 Å². The molecular weight excluding hydrogens is 339 g/mol. The first-order valence-electron chi connectivity index (χ1n) is 9.02. The van der Waals surface area contributed by atoms with Crippen LogP contribution in [0.2, 0.25) is 0 Å². The molecule has 1 amide bonds. The number of nitrogens with one attached hydrogen (secondary N) is 1. The van der Waals surface area contributed by atoms with Crippen LogP contribution in [0.4, 0.5) is 4.39 Å². The van der Waals surface area contributed by atoms with E-state index in [1.165, 1.54) is 17.8 Å². The maximum Gasteiger partial charge on any atom is 0.220 e. The van der Waals surface area contributed by atoms with E-state index in [-0.39, 0.29) is 11.7 Å². The molecule has 1 aliphatic rings. The van der Waals surface area contributed by atoms with Crippen LogP contribution < -0.4 is 5.32 Å². The van der Waals surface area contributed by atoms with Gasteiger partial charge in [0.05, 0.1) is 13.2 Å². The molecule has 1 aliphatic heterocycles. The molecule has 1 heterocycles. The van der Waals surface area contributed by atoms with E-state index in [9.17, 15) is 9.18 Å². The van der Waals surface area contributed by atoms with Crippen LogP contribution in [0.25, 0.3) is 0 Å². The van der Waals surface area contributed by atoms with Crippen molar-refractivity contribution in [2.75, 3.05) is 38.6 Å². The number of rotatable bonds is 9. The van der Waals surface area contributed by atoms with Gasteiger partial charge in [0.2, 0.25) is 5.91 Å². The van der Waals surface area contributed by atoms with Crippen LogP contribution in [-0.4, -0.2) is 55.4 Å². The van der Waals surface area contributed by atoms with E-state index in [4.69, 9.17) is 4.74 Å². The number of ether oxygens (including phenoxy) is 1. The number of morpholine rings is 1. The molecule has 0 bridgehead atoms. The van der Waals surface area contributed by atoms with Crippen LogP contribution in [0.1, 0.15) is 26.7 Å². The lowest BCUT2D eigenvalue weighted by Gasteiger charge is -2.35. The number of carbonyl (C=O) groups is 1. The summed E-state index contributed by atoms with van der Waals surface area (Å²) in [4.78, 5) is 15.1. The fourth-order valence-corrected chi connectivity index (χ4v) is 3.87. The first-order valence-corrected chi connectivity index (χ1v) is 10.0. The minimum absolute atomic E-state index is 0.0332. The van der Waals surface area contributed by atoms with Crippen molar-refractivity contribution in [2.24, 2.45) is 5.92 Å². The Hall–Kier alpha value is -1.11. The maximum absolute atomic E-state index is 13.6. The maximum atomic E-state index is 13.6. The summed E-state index contributed by atoms with van der Waals surface area (Å²) in [7, 11) is 0. The Morgan fingerprint density at radius 2 is 2.04 bits per heavy atom. The zero-order valence-electron chi connectivity index (χ0n) is 15.2. The highest BCUT2D eigenvalue weighted by Crippen LogP contribution is 2.21. The Bertz CT molecular complexity index is 536. The summed E-state index contributed by atoms with van der Waals surface area (Å²) in [5.74, 6) is 0.976. The number of carbonyl (C=O) groups excluding carboxylic acids is 1. The monoisotopic (exact) mass is 368 g/mol. The predicted molar refractivity (Wildman–Crippen MR) is 100 cm³/mol. The summed E-state index contributed by atoms with van der Waals surface area (Å²) in [6.07, 6.45) is 1.46. The minimum atomic E-state index is -0.225. The normalized spacial score (nSPS) is 16.8. The molecule has 0 aromatic heterocycles. The third-order valence-electron chi connectivity index (χ3n) is 4.26. The zero-order valence-corrected chi connectivity index (χ0v) is 16.0. The van der Waals surface area contributed by atoms with Crippen LogP contribution in [0, 0.1) is 11.7 Å². The molecule has 1 unspecified atom stereocenters. The van der Waals surface area contributed by atoms with Crippen molar-refractivity contribution >= 4 is 17.7 Å². The van der Waals surface area contributed by atoms with Crippen molar-refractivity contribution < 1.29 is 13.9 Å². The molecule has 1 N–H and O–H groups in total. The Morgan fingerprint density at radius 1 is 1.32 bits per heavy atom. The van der Waals surface area contributed by atoms with Crippen molar-refractivity contribution in [2.45, 2.75) is 37.6 Å². The average Bonchev–Trinajstić information content (AvgIpc) is 2.61. The molecule has 140 valence electrons. The Morgan fingerprint density at radius 3 is 2.72 bits per heavy atom. The van der Waals surface area contributed by atoms with Gasteiger partial charge in [-0.25, -0.2) is 4.39 Å². The molecule has 0 spiro atoms. The molecule has 1 atom stereocenters. The van der Waals surface area contributed by atoms with Crippen molar-refractivity contribution in [3.05, 3.63) is 30.1 Å². The Balaban J connectivity index is 1.73. The van der Waals surface area contributed by atoms with Gasteiger partial charge >= 0.3 is 0 Å². The van der Waals surface area contributed by atoms with Gasteiger partial charge in [-0.05, 0) is 24.5 Å². The highest BCUT2D eigenvalue weighted by atomic mass is 32.2. The molecule has 25 heavy (non-hydrogen) atoms. The molecule has 1 fully saturated rings. The first kappa shape index (κ1) is 20.2. The second-order valence-electron chi connectivity index (χ2n) is 6.76. The third-order valence-corrected chi connectivity index (χ3v) is 5.31. The summed E-state index contributed by atoms with van der Waals surface area (Å²) < 4.78 is 19.0. The first-order chi connectivity index (χ1) is 12.1. The van der Waals surface area contributed by atoms with Gasteiger partial charge in [0.25, 0.3) is 0 Å². The largest absolute Gasteiger partial charge is 0.379 e. The van der Waals surface area contributed by atoms with Crippen LogP contribution in [-0.2, 0) is 9.53 Å². The average molecular weight is 369 g/mol. The second-order valence-corrected chi connectivity index (χ2v) is 7.90. The SMILES string of the molecule is CC(C)CC(CNC(=O)CCSc1ccccc1F)N1CCOCC1. The number of benzene rings is 1. The van der Waals surface area contributed by atoms with E-state index >= 15 is 0 Å². The van der Waals surface area contributed by atoms with E-state index in [1.54, 1.807) is 12.1 Å². The Labute approximate surface area is 154 Å². The van der Waals surface area contributed by atoms with Crippen LogP contribution in [0.3, 0.4) is 0 Å². The van der Waals surface area contributed by atoms with Gasteiger partial charge in [0, 0.05) is 42.7 Å². The predicted octanol–water partition coefficient (Wildman–Crippen LogP) is 3.17. The summed E-state index contributed by atoms with van der Waals surface area (Å²) in [5, 5.41) is 3.06. The fraction of sp³-hybridized carbons (Fsp3) is 0.632. The van der Waals surface area contributed by atoms with E-state index in [0.29, 0.717) is 35.6 Å². The standard InChI is InChI=1S/C19H29FN2O2S/c1-15(2)13-16(22-8-10-24-11-9-22)14-21-19(23)7-12-25-18-6-4-3-5-17(18)20/h3-6,15-16H,7-14H2,1-2H3,(H,21,23). The molecule has 6 heteroatoms. The van der Waals surface area contributed by atoms with E-state index in [1.807, 2.05) is 6.07 Å². The summed E-state index contributed by atoms with van der Waals surface area (Å²) in [5.41, 5.74) is 0. The number of hydrogen-bond donors (Lipinski definition) is 1. The number of amides is 1. The van der Waals surface area contributed by atoms with Gasteiger partial charge in [-0.2, -0.15) is 0 Å². The van der Waals surface area contributed by atoms with E-state index < -0.39 is 0 Å². The number of halogens is 1. The van der Waals surface area contributed by atoms with E-state index in [2.05, 4.69) is 24.1 Å². The quantitative estimate of drug-likeness (QED) is 0.680. The fourth-order valence-electron chi connectivity index (χ4n) is 2.98. The molecule has 2 rings (SSSR count). The van der Waals surface area contributed by atoms with Crippen LogP contribution in [0.5, 0.6) is 0 Å². The lowest BCUT2D eigenvalue weighted by Crippen LogP contribution is -2.49. The van der Waals surface area contributed by atoms with Gasteiger partial charge in [-0.3, -0.25) is 9.69 Å². The lowest BCUT2D eigenvalue weighted by molar-refractivity contribution is -0.121. The molecule has 1 aromatic rings. The summed E-state index contributed by atoms with van der Waals surface area (Å²) in [6, 6.07) is 7.03. The number of hydrogen-bond acceptors (Lipinski definition) is 4. The topological polar surface area (TPSA) is 41.6 Å². The van der Waals surface area contributed by atoms with Gasteiger partial charge in [0.1, 0.15) is 5.82 Å². The van der Waals surface area contributed by atoms with Gasteiger partial charge in [0.15, 0.2) is 0 Å².